The Hall–Kier alpha value is -1.35. The summed E-state index contributed by atoms with van der Waals surface area (Å²) in [5.41, 5.74) is 0.574. The summed E-state index contributed by atoms with van der Waals surface area (Å²) in [7, 11) is 0. The molecule has 1 N–H and O–H groups in total. The summed E-state index contributed by atoms with van der Waals surface area (Å²) in [5.74, 6) is 0.364. The molecule has 0 fully saturated rings. The van der Waals surface area contributed by atoms with Gasteiger partial charge in [-0.3, -0.25) is 0 Å². The second-order valence-electron chi connectivity index (χ2n) is 6.13. The van der Waals surface area contributed by atoms with Crippen molar-refractivity contribution in [2.75, 3.05) is 0 Å². The smallest absolute Gasteiger partial charge is 0.339 e. The average Bonchev–Trinajstić information content (AvgIpc) is 2.37. The molecule has 0 radical (unpaired) electrons. The van der Waals surface area contributed by atoms with Crippen molar-refractivity contribution < 1.29 is 14.6 Å². The molecule has 0 saturated heterocycles. The topological polar surface area (TPSA) is 46.5 Å². The van der Waals surface area contributed by atoms with E-state index in [1.54, 1.807) is 24.3 Å². The van der Waals surface area contributed by atoms with Gasteiger partial charge < -0.3 is 9.84 Å². The summed E-state index contributed by atoms with van der Waals surface area (Å²) in [6, 6.07) is 8.90. The number of carbonyl (C=O) groups is 1. The predicted octanol–water partition coefficient (Wildman–Crippen LogP) is 3.72. The van der Waals surface area contributed by atoms with Gasteiger partial charge in [-0.25, -0.2) is 4.79 Å². The van der Waals surface area contributed by atoms with Gasteiger partial charge in [-0.15, -0.1) is 0 Å². The Morgan fingerprint density at radius 3 is 2.00 bits per heavy atom. The third-order valence-electron chi connectivity index (χ3n) is 3.09. The molecule has 0 amide bonds. The second kappa shape index (κ2) is 8.05. The van der Waals surface area contributed by atoms with Crippen LogP contribution >= 0.6 is 0 Å². The molecule has 1 rings (SSSR count). The van der Waals surface area contributed by atoms with Crippen molar-refractivity contribution in [1.82, 2.24) is 0 Å². The largest absolute Gasteiger partial charge is 0.460 e. The maximum atomic E-state index is 12.0. The van der Waals surface area contributed by atoms with Gasteiger partial charge >= 0.3 is 5.97 Å². The number of ether oxygens (including phenoxy) is 1. The van der Waals surface area contributed by atoms with Crippen LogP contribution in [0.1, 0.15) is 52.2 Å². The van der Waals surface area contributed by atoms with E-state index < -0.39 is 12.1 Å². The van der Waals surface area contributed by atoms with E-state index in [4.69, 9.17) is 4.74 Å². The number of hydrogen-bond acceptors (Lipinski definition) is 3. The lowest BCUT2D eigenvalue weighted by atomic mass is 9.98. The highest BCUT2D eigenvalue weighted by atomic mass is 16.6. The van der Waals surface area contributed by atoms with Crippen molar-refractivity contribution in [3.63, 3.8) is 0 Å². The fourth-order valence-electron chi connectivity index (χ4n) is 2.24. The van der Waals surface area contributed by atoms with E-state index in [9.17, 15) is 9.90 Å². The normalized spacial score (nSPS) is 13.0. The molecule has 0 aromatic heterocycles. The van der Waals surface area contributed by atoms with Crippen LogP contribution in [0.5, 0.6) is 0 Å². The standard InChI is InChI=1S/C17H26O3/c1-12(2)10-15(11-13(3)4)20-17(19)16(18)14-8-6-5-7-9-14/h5-9,12-13,15-16,18H,10-11H2,1-4H3/t16-/m0/s1. The first kappa shape index (κ1) is 16.7. The van der Waals surface area contributed by atoms with Crippen LogP contribution in [-0.2, 0) is 9.53 Å². The van der Waals surface area contributed by atoms with Gasteiger partial charge in [0.05, 0.1) is 0 Å². The van der Waals surface area contributed by atoms with Gasteiger partial charge in [-0.2, -0.15) is 0 Å². The highest BCUT2D eigenvalue weighted by Gasteiger charge is 2.24. The summed E-state index contributed by atoms with van der Waals surface area (Å²) in [5, 5.41) is 10.0. The lowest BCUT2D eigenvalue weighted by Gasteiger charge is -2.23. The zero-order chi connectivity index (χ0) is 15.1. The van der Waals surface area contributed by atoms with Crippen LogP contribution in [0.15, 0.2) is 30.3 Å². The van der Waals surface area contributed by atoms with E-state index in [-0.39, 0.29) is 6.10 Å². The van der Waals surface area contributed by atoms with Crippen molar-refractivity contribution in [3.8, 4) is 0 Å². The maximum Gasteiger partial charge on any atom is 0.339 e. The highest BCUT2D eigenvalue weighted by molar-refractivity contribution is 5.76. The summed E-state index contributed by atoms with van der Waals surface area (Å²) >= 11 is 0. The third kappa shape index (κ3) is 5.74. The van der Waals surface area contributed by atoms with Crippen LogP contribution in [0.3, 0.4) is 0 Å². The molecule has 0 aliphatic heterocycles. The van der Waals surface area contributed by atoms with E-state index in [0.29, 0.717) is 17.4 Å². The number of rotatable bonds is 7. The number of carbonyl (C=O) groups excluding carboxylic acids is 1. The van der Waals surface area contributed by atoms with E-state index >= 15 is 0 Å². The van der Waals surface area contributed by atoms with Gasteiger partial charge in [0, 0.05) is 0 Å². The molecule has 3 heteroatoms. The summed E-state index contributed by atoms with van der Waals surface area (Å²) < 4.78 is 5.50. The molecule has 1 aromatic carbocycles. The fraction of sp³-hybridized carbons (Fsp3) is 0.588. The third-order valence-corrected chi connectivity index (χ3v) is 3.09. The number of aliphatic hydroxyl groups is 1. The van der Waals surface area contributed by atoms with Gasteiger partial charge in [-0.1, -0.05) is 58.0 Å². The lowest BCUT2D eigenvalue weighted by molar-refractivity contribution is -0.161. The predicted molar refractivity (Wildman–Crippen MR) is 80.2 cm³/mol. The minimum absolute atomic E-state index is 0.124. The van der Waals surface area contributed by atoms with E-state index in [1.165, 1.54) is 0 Å². The van der Waals surface area contributed by atoms with Gasteiger partial charge in [0.1, 0.15) is 6.10 Å². The molecular formula is C17H26O3. The molecular weight excluding hydrogens is 252 g/mol. The first-order valence-electron chi connectivity index (χ1n) is 7.33. The molecule has 112 valence electrons. The van der Waals surface area contributed by atoms with Crippen LogP contribution in [0.2, 0.25) is 0 Å². The Labute approximate surface area is 122 Å². The second-order valence-corrected chi connectivity index (χ2v) is 6.13. The van der Waals surface area contributed by atoms with E-state index in [2.05, 4.69) is 27.7 Å². The van der Waals surface area contributed by atoms with Crippen molar-refractivity contribution in [1.29, 1.82) is 0 Å². The van der Waals surface area contributed by atoms with Gasteiger partial charge in [0.25, 0.3) is 0 Å². The molecule has 0 heterocycles. The SMILES string of the molecule is CC(C)CC(CC(C)C)OC(=O)[C@@H](O)c1ccccc1. The zero-order valence-electron chi connectivity index (χ0n) is 12.9. The van der Waals surface area contributed by atoms with Gasteiger partial charge in [-0.05, 0) is 30.2 Å². The molecule has 0 bridgehead atoms. The molecule has 3 nitrogen and oxygen atoms in total. The first-order chi connectivity index (χ1) is 9.40. The van der Waals surface area contributed by atoms with Crippen molar-refractivity contribution in [2.24, 2.45) is 11.8 Å². The summed E-state index contributed by atoms with van der Waals surface area (Å²) in [6.45, 7) is 8.42. The van der Waals surface area contributed by atoms with Crippen molar-refractivity contribution in [2.45, 2.75) is 52.7 Å². The van der Waals surface area contributed by atoms with Crippen LogP contribution in [-0.4, -0.2) is 17.2 Å². The minimum Gasteiger partial charge on any atom is -0.460 e. The minimum atomic E-state index is -1.20. The highest BCUT2D eigenvalue weighted by Crippen LogP contribution is 2.20. The quantitative estimate of drug-likeness (QED) is 0.773. The summed E-state index contributed by atoms with van der Waals surface area (Å²) in [6.07, 6.45) is 0.329. The molecule has 0 saturated carbocycles. The average molecular weight is 278 g/mol. The Morgan fingerprint density at radius 1 is 1.05 bits per heavy atom. The molecule has 1 atom stereocenters. The molecule has 20 heavy (non-hydrogen) atoms. The number of aliphatic hydroxyl groups excluding tert-OH is 1. The Balaban J connectivity index is 2.65. The maximum absolute atomic E-state index is 12.0. The van der Waals surface area contributed by atoms with Gasteiger partial charge in [0.2, 0.25) is 0 Å². The molecule has 0 unspecified atom stereocenters. The monoisotopic (exact) mass is 278 g/mol. The lowest BCUT2D eigenvalue weighted by Crippen LogP contribution is -2.25. The Kier molecular flexibility index (Phi) is 6.73. The van der Waals surface area contributed by atoms with Crippen molar-refractivity contribution >= 4 is 5.97 Å². The molecule has 0 aliphatic carbocycles. The van der Waals surface area contributed by atoms with Crippen LogP contribution in [0.25, 0.3) is 0 Å². The zero-order valence-corrected chi connectivity index (χ0v) is 12.9. The molecule has 0 aliphatic rings. The molecule has 0 spiro atoms. The van der Waals surface area contributed by atoms with E-state index in [0.717, 1.165) is 12.8 Å². The van der Waals surface area contributed by atoms with Gasteiger partial charge in [0.15, 0.2) is 6.10 Å². The fourth-order valence-corrected chi connectivity index (χ4v) is 2.24. The Bertz CT molecular complexity index is 388. The van der Waals surface area contributed by atoms with Crippen molar-refractivity contribution in [3.05, 3.63) is 35.9 Å². The first-order valence-corrected chi connectivity index (χ1v) is 7.33. The summed E-state index contributed by atoms with van der Waals surface area (Å²) in [4.78, 5) is 12.0. The number of hydrogen-bond donors (Lipinski definition) is 1. The van der Waals surface area contributed by atoms with Crippen LogP contribution in [0, 0.1) is 11.8 Å². The number of benzene rings is 1. The number of esters is 1. The molecule has 1 aromatic rings. The van der Waals surface area contributed by atoms with E-state index in [1.807, 2.05) is 6.07 Å². The Morgan fingerprint density at radius 2 is 1.55 bits per heavy atom. The van der Waals surface area contributed by atoms with Crippen LogP contribution < -0.4 is 0 Å². The van der Waals surface area contributed by atoms with Crippen LogP contribution in [0.4, 0.5) is 0 Å².